The van der Waals surface area contributed by atoms with Crippen molar-refractivity contribution in [1.29, 1.82) is 0 Å². The summed E-state index contributed by atoms with van der Waals surface area (Å²) in [6.07, 6.45) is 10.8. The van der Waals surface area contributed by atoms with Gasteiger partial charge in [-0.3, -0.25) is 4.79 Å². The molecule has 26 heavy (non-hydrogen) atoms. The Bertz CT molecular complexity index is 723. The summed E-state index contributed by atoms with van der Waals surface area (Å²) in [7, 11) is 0. The van der Waals surface area contributed by atoms with E-state index in [-0.39, 0.29) is 24.7 Å². The van der Waals surface area contributed by atoms with E-state index in [4.69, 9.17) is 14.2 Å². The molecule has 5 heteroatoms. The maximum atomic E-state index is 12.6. The van der Waals surface area contributed by atoms with Crippen molar-refractivity contribution in [1.82, 2.24) is 5.32 Å². The molecule has 2 saturated carbocycles. The summed E-state index contributed by atoms with van der Waals surface area (Å²) in [6, 6.07) is 6.03. The minimum absolute atomic E-state index is 0.201. The average molecular weight is 355 g/mol. The van der Waals surface area contributed by atoms with Crippen LogP contribution in [0.15, 0.2) is 30.4 Å². The highest BCUT2D eigenvalue weighted by Gasteiger charge is 2.40. The highest BCUT2D eigenvalue weighted by atomic mass is 16.7. The fourth-order valence-electron chi connectivity index (χ4n) is 4.86. The van der Waals surface area contributed by atoms with Crippen LogP contribution in [0.4, 0.5) is 0 Å². The third-order valence-electron chi connectivity index (χ3n) is 6.28. The first-order valence-corrected chi connectivity index (χ1v) is 9.79. The number of hydrogen-bond donors (Lipinski definition) is 1. The van der Waals surface area contributed by atoms with Crippen LogP contribution in [-0.4, -0.2) is 24.8 Å². The number of carbonyl (C=O) groups excluding carboxylic acids is 1. The van der Waals surface area contributed by atoms with Gasteiger partial charge in [0.25, 0.3) is 0 Å². The Labute approximate surface area is 153 Å². The standard InChI is InChI=1S/C21H25NO4/c23-21(18-10-13-1-2-14(18)9-13)22-15-3-5-16(6-4-15)26-17-7-8-19-20(11-17)25-12-24-19/h1-2,7-8,11,13-16,18H,3-6,9-10,12H2,(H,22,23)/t13-,14+,15?,16?,18+/m1/s1. The van der Waals surface area contributed by atoms with Crippen LogP contribution in [0, 0.1) is 17.8 Å². The predicted molar refractivity (Wildman–Crippen MR) is 96.2 cm³/mol. The first-order chi connectivity index (χ1) is 12.7. The van der Waals surface area contributed by atoms with Gasteiger partial charge < -0.3 is 19.5 Å². The van der Waals surface area contributed by atoms with E-state index >= 15 is 0 Å². The summed E-state index contributed by atoms with van der Waals surface area (Å²) < 4.78 is 16.9. The summed E-state index contributed by atoms with van der Waals surface area (Å²) in [5, 5.41) is 3.30. The Morgan fingerprint density at radius 2 is 1.88 bits per heavy atom. The monoisotopic (exact) mass is 355 g/mol. The van der Waals surface area contributed by atoms with E-state index in [9.17, 15) is 4.79 Å². The van der Waals surface area contributed by atoms with Gasteiger partial charge in [0.2, 0.25) is 12.7 Å². The Balaban J connectivity index is 1.11. The number of amides is 1. The molecule has 5 nitrogen and oxygen atoms in total. The zero-order chi connectivity index (χ0) is 17.5. The molecule has 0 saturated heterocycles. The molecule has 0 aromatic heterocycles. The summed E-state index contributed by atoms with van der Waals surface area (Å²) in [4.78, 5) is 12.6. The quantitative estimate of drug-likeness (QED) is 0.841. The maximum absolute atomic E-state index is 12.6. The molecule has 1 N–H and O–H groups in total. The van der Waals surface area contributed by atoms with Gasteiger partial charge in [0.1, 0.15) is 5.75 Å². The second-order valence-corrected chi connectivity index (χ2v) is 8.00. The van der Waals surface area contributed by atoms with Gasteiger partial charge >= 0.3 is 0 Å². The van der Waals surface area contributed by atoms with E-state index in [1.165, 1.54) is 6.42 Å². The molecule has 3 aliphatic carbocycles. The van der Waals surface area contributed by atoms with E-state index in [1.54, 1.807) is 0 Å². The van der Waals surface area contributed by atoms with E-state index < -0.39 is 0 Å². The van der Waals surface area contributed by atoms with Crippen molar-refractivity contribution in [3.8, 4) is 17.2 Å². The Morgan fingerprint density at radius 1 is 1.04 bits per heavy atom. The molecule has 1 aromatic carbocycles. The van der Waals surface area contributed by atoms with Crippen molar-refractivity contribution in [2.45, 2.75) is 50.7 Å². The zero-order valence-electron chi connectivity index (χ0n) is 14.9. The molecule has 3 atom stereocenters. The summed E-state index contributed by atoms with van der Waals surface area (Å²) in [6.45, 7) is 0.280. The van der Waals surface area contributed by atoms with Crippen molar-refractivity contribution in [3.05, 3.63) is 30.4 Å². The van der Waals surface area contributed by atoms with E-state index in [2.05, 4.69) is 17.5 Å². The van der Waals surface area contributed by atoms with Gasteiger partial charge in [-0.2, -0.15) is 0 Å². The fraction of sp³-hybridized carbons (Fsp3) is 0.571. The number of benzene rings is 1. The normalized spacial score (nSPS) is 34.1. The molecule has 0 unspecified atom stereocenters. The topological polar surface area (TPSA) is 56.8 Å². The maximum Gasteiger partial charge on any atom is 0.231 e. The molecule has 1 aliphatic heterocycles. The summed E-state index contributed by atoms with van der Waals surface area (Å²) in [5.74, 6) is 3.94. The van der Waals surface area contributed by atoms with Crippen LogP contribution in [0.2, 0.25) is 0 Å². The highest BCUT2D eigenvalue weighted by molar-refractivity contribution is 5.80. The molecule has 0 radical (unpaired) electrons. The van der Waals surface area contributed by atoms with Crippen LogP contribution < -0.4 is 19.5 Å². The molecule has 2 fully saturated rings. The van der Waals surface area contributed by atoms with Gasteiger partial charge in [-0.15, -0.1) is 0 Å². The van der Waals surface area contributed by atoms with Crippen LogP contribution in [0.3, 0.4) is 0 Å². The SMILES string of the molecule is O=C(NC1CCC(Oc2ccc3c(c2)OCO3)CC1)[C@H]1C[C@@H]2C=C[C@H]1C2. The Morgan fingerprint density at radius 3 is 2.65 bits per heavy atom. The molecule has 1 aromatic rings. The molecule has 5 rings (SSSR count). The van der Waals surface area contributed by atoms with Crippen molar-refractivity contribution >= 4 is 5.91 Å². The van der Waals surface area contributed by atoms with Crippen molar-refractivity contribution < 1.29 is 19.0 Å². The van der Waals surface area contributed by atoms with Crippen molar-refractivity contribution in [3.63, 3.8) is 0 Å². The zero-order valence-corrected chi connectivity index (χ0v) is 14.9. The minimum atomic E-state index is 0.201. The van der Waals surface area contributed by atoms with Crippen molar-refractivity contribution in [2.24, 2.45) is 17.8 Å². The first kappa shape index (κ1) is 16.0. The number of carbonyl (C=O) groups is 1. The number of nitrogens with one attached hydrogen (secondary N) is 1. The first-order valence-electron chi connectivity index (χ1n) is 9.79. The lowest BCUT2D eigenvalue weighted by Gasteiger charge is -2.31. The van der Waals surface area contributed by atoms with Gasteiger partial charge in [-0.05, 0) is 62.5 Å². The Hall–Kier alpha value is -2.17. The third kappa shape index (κ3) is 3.04. The van der Waals surface area contributed by atoms with Crippen molar-refractivity contribution in [2.75, 3.05) is 6.79 Å². The van der Waals surface area contributed by atoms with E-state index in [0.29, 0.717) is 17.9 Å². The minimum Gasteiger partial charge on any atom is -0.490 e. The van der Waals surface area contributed by atoms with Gasteiger partial charge in [0.15, 0.2) is 11.5 Å². The molecular weight excluding hydrogens is 330 g/mol. The van der Waals surface area contributed by atoms with Crippen LogP contribution in [0.1, 0.15) is 38.5 Å². The average Bonchev–Trinajstić information content (AvgIpc) is 3.39. The summed E-state index contributed by atoms with van der Waals surface area (Å²) in [5.41, 5.74) is 0. The smallest absolute Gasteiger partial charge is 0.231 e. The second kappa shape index (κ2) is 6.53. The Kier molecular flexibility index (Phi) is 4.03. The highest BCUT2D eigenvalue weighted by Crippen LogP contribution is 2.43. The van der Waals surface area contributed by atoms with Gasteiger partial charge in [-0.1, -0.05) is 12.2 Å². The number of hydrogen-bond acceptors (Lipinski definition) is 4. The molecule has 0 spiro atoms. The molecule has 138 valence electrons. The van der Waals surface area contributed by atoms with Crippen LogP contribution in [-0.2, 0) is 4.79 Å². The lowest BCUT2D eigenvalue weighted by Crippen LogP contribution is -2.43. The van der Waals surface area contributed by atoms with E-state index in [0.717, 1.165) is 49.4 Å². The lowest BCUT2D eigenvalue weighted by molar-refractivity contribution is -0.126. The molecule has 1 amide bonds. The second-order valence-electron chi connectivity index (χ2n) is 8.00. The predicted octanol–water partition coefficient (Wildman–Crippen LogP) is 3.43. The fourth-order valence-corrected chi connectivity index (χ4v) is 4.86. The molecule has 2 bridgehead atoms. The number of fused-ring (bicyclic) bond motifs is 3. The van der Waals surface area contributed by atoms with Crippen LogP contribution >= 0.6 is 0 Å². The number of rotatable bonds is 4. The number of ether oxygens (including phenoxy) is 3. The van der Waals surface area contributed by atoms with Gasteiger partial charge in [0.05, 0.1) is 6.10 Å². The van der Waals surface area contributed by atoms with Gasteiger partial charge in [-0.25, -0.2) is 0 Å². The molecular formula is C21H25NO4. The largest absolute Gasteiger partial charge is 0.490 e. The van der Waals surface area contributed by atoms with Crippen LogP contribution in [0.5, 0.6) is 17.2 Å². The molecule has 1 heterocycles. The summed E-state index contributed by atoms with van der Waals surface area (Å²) >= 11 is 0. The lowest BCUT2D eigenvalue weighted by atomic mass is 9.89. The molecule has 4 aliphatic rings. The van der Waals surface area contributed by atoms with Crippen LogP contribution in [0.25, 0.3) is 0 Å². The number of allylic oxidation sites excluding steroid dienone is 2. The van der Waals surface area contributed by atoms with Gasteiger partial charge in [0, 0.05) is 18.0 Å². The third-order valence-corrected chi connectivity index (χ3v) is 6.28. The van der Waals surface area contributed by atoms with E-state index in [1.807, 2.05) is 18.2 Å².